The van der Waals surface area contributed by atoms with Gasteiger partial charge in [-0.15, -0.1) is 0 Å². The topological polar surface area (TPSA) is 117 Å². The molecule has 1 saturated carbocycles. The summed E-state index contributed by atoms with van der Waals surface area (Å²) in [5, 5.41) is 0. The quantitative estimate of drug-likeness (QED) is 0.329. The van der Waals surface area contributed by atoms with E-state index in [4.69, 9.17) is 4.74 Å². The zero-order valence-electron chi connectivity index (χ0n) is 17.7. The summed E-state index contributed by atoms with van der Waals surface area (Å²) in [6.45, 7) is 6.51. The number of aryl methyl sites for hydroxylation is 1. The van der Waals surface area contributed by atoms with Crippen molar-refractivity contribution in [3.05, 3.63) is 22.5 Å². The lowest BCUT2D eigenvalue weighted by atomic mass is 9.85. The second kappa shape index (κ2) is 8.41. The number of aromatic amines is 1. The lowest BCUT2D eigenvalue weighted by molar-refractivity contribution is -0.144. The highest BCUT2D eigenvalue weighted by Gasteiger charge is 2.49. The van der Waals surface area contributed by atoms with Crippen LogP contribution in [0, 0.1) is 19.8 Å². The van der Waals surface area contributed by atoms with Gasteiger partial charge in [0.1, 0.15) is 0 Å². The first-order valence-electron chi connectivity index (χ1n) is 10.3. The summed E-state index contributed by atoms with van der Waals surface area (Å²) in [5.74, 6) is -2.87. The Labute approximate surface area is 174 Å². The second-order valence-electron chi connectivity index (χ2n) is 7.95. The molecular formula is C21H27N3O6. The maximum absolute atomic E-state index is 12.9. The van der Waals surface area contributed by atoms with Crippen LogP contribution in [0.3, 0.4) is 0 Å². The van der Waals surface area contributed by atoms with Crippen LogP contribution in [0.15, 0.2) is 0 Å². The van der Waals surface area contributed by atoms with Crippen LogP contribution in [0.1, 0.15) is 71.6 Å². The fourth-order valence-corrected chi connectivity index (χ4v) is 4.40. The van der Waals surface area contributed by atoms with E-state index >= 15 is 0 Å². The van der Waals surface area contributed by atoms with Gasteiger partial charge in [-0.05, 0) is 45.1 Å². The van der Waals surface area contributed by atoms with Gasteiger partial charge in [-0.1, -0.05) is 19.8 Å². The predicted octanol–water partition coefficient (Wildman–Crippen LogP) is 2.36. The van der Waals surface area contributed by atoms with E-state index in [0.29, 0.717) is 22.6 Å². The Morgan fingerprint density at radius 2 is 1.77 bits per heavy atom. The van der Waals surface area contributed by atoms with Gasteiger partial charge in [0.15, 0.2) is 5.78 Å². The molecule has 9 nitrogen and oxygen atoms in total. The van der Waals surface area contributed by atoms with E-state index in [-0.39, 0.29) is 29.8 Å². The zero-order valence-corrected chi connectivity index (χ0v) is 17.7. The average Bonchev–Trinajstić information content (AvgIpc) is 3.10. The number of nitrogens with one attached hydrogen (secondary N) is 1. The molecule has 3 rings (SSSR count). The standard InChI is InChI=1S/C21H27N3O6/c1-5-30-20(28)16-12(3)17(22-13(16)4)15(25)10-23-18(26)19(27)24(21(23)29)14-9-7-6-8-11(14)2/h11,14,22H,5-10H2,1-4H3/t11-,14-/m0/s1. The zero-order chi connectivity index (χ0) is 22.2. The Morgan fingerprint density at radius 3 is 2.40 bits per heavy atom. The van der Waals surface area contributed by atoms with Crippen LogP contribution in [-0.4, -0.2) is 63.6 Å². The number of amides is 4. The summed E-state index contributed by atoms with van der Waals surface area (Å²) in [4.78, 5) is 67.4. The van der Waals surface area contributed by atoms with Crippen molar-refractivity contribution in [3.63, 3.8) is 0 Å². The SMILES string of the molecule is CCOC(=O)c1c(C)[nH]c(C(=O)CN2C(=O)C(=O)N([C@H]3CCCC[C@@H]3C)C2=O)c1C. The minimum absolute atomic E-state index is 0.107. The van der Waals surface area contributed by atoms with Gasteiger partial charge >= 0.3 is 23.8 Å². The van der Waals surface area contributed by atoms with E-state index in [0.717, 1.165) is 24.2 Å². The summed E-state index contributed by atoms with van der Waals surface area (Å²) >= 11 is 0. The number of rotatable bonds is 6. The highest BCUT2D eigenvalue weighted by Crippen LogP contribution is 2.31. The molecule has 1 aliphatic carbocycles. The van der Waals surface area contributed by atoms with Crippen molar-refractivity contribution in [3.8, 4) is 0 Å². The van der Waals surface area contributed by atoms with E-state index in [1.165, 1.54) is 0 Å². The van der Waals surface area contributed by atoms with Crippen LogP contribution < -0.4 is 0 Å². The number of H-pyrrole nitrogens is 1. The predicted molar refractivity (Wildman–Crippen MR) is 106 cm³/mol. The van der Waals surface area contributed by atoms with Crippen LogP contribution in [0.5, 0.6) is 0 Å². The first-order valence-corrected chi connectivity index (χ1v) is 10.3. The molecule has 0 spiro atoms. The van der Waals surface area contributed by atoms with Gasteiger partial charge in [0, 0.05) is 11.7 Å². The van der Waals surface area contributed by atoms with Crippen molar-refractivity contribution in [2.45, 2.75) is 59.4 Å². The maximum atomic E-state index is 12.9. The van der Waals surface area contributed by atoms with Gasteiger partial charge in [0.25, 0.3) is 0 Å². The van der Waals surface area contributed by atoms with Crippen molar-refractivity contribution in [1.82, 2.24) is 14.8 Å². The summed E-state index contributed by atoms with van der Waals surface area (Å²) < 4.78 is 5.02. The number of imide groups is 2. The number of nitrogens with zero attached hydrogens (tertiary/aromatic N) is 2. The molecule has 4 amide bonds. The molecule has 0 bridgehead atoms. The van der Waals surface area contributed by atoms with Crippen LogP contribution in [-0.2, 0) is 14.3 Å². The molecular weight excluding hydrogens is 390 g/mol. The monoisotopic (exact) mass is 417 g/mol. The Morgan fingerprint density at radius 1 is 1.10 bits per heavy atom. The molecule has 0 radical (unpaired) electrons. The number of carbonyl (C=O) groups is 5. The van der Waals surface area contributed by atoms with Crippen molar-refractivity contribution >= 4 is 29.6 Å². The molecule has 162 valence electrons. The number of hydrogen-bond donors (Lipinski definition) is 1. The Balaban J connectivity index is 1.81. The number of aromatic nitrogens is 1. The van der Waals surface area contributed by atoms with Gasteiger partial charge in [-0.2, -0.15) is 0 Å². The molecule has 30 heavy (non-hydrogen) atoms. The molecule has 1 saturated heterocycles. The Kier molecular flexibility index (Phi) is 6.09. The molecule has 2 heterocycles. The van der Waals surface area contributed by atoms with E-state index in [1.807, 2.05) is 6.92 Å². The molecule has 2 fully saturated rings. The molecule has 0 unspecified atom stereocenters. The molecule has 2 aliphatic rings. The van der Waals surface area contributed by atoms with Crippen LogP contribution >= 0.6 is 0 Å². The van der Waals surface area contributed by atoms with Gasteiger partial charge in [0.05, 0.1) is 24.4 Å². The summed E-state index contributed by atoms with van der Waals surface area (Å²) in [6.07, 6.45) is 3.45. The van der Waals surface area contributed by atoms with Crippen molar-refractivity contribution in [1.29, 1.82) is 0 Å². The summed E-state index contributed by atoms with van der Waals surface area (Å²) in [5.41, 5.74) is 1.22. The molecule has 1 aromatic rings. The molecule has 1 aliphatic heterocycles. The third kappa shape index (κ3) is 3.64. The number of Topliss-reactive ketones (excluding diaryl/α,β-unsaturated/α-hetero) is 1. The van der Waals surface area contributed by atoms with Crippen LogP contribution in [0.4, 0.5) is 4.79 Å². The lowest BCUT2D eigenvalue weighted by Gasteiger charge is -2.34. The third-order valence-corrected chi connectivity index (χ3v) is 5.98. The number of carbonyl (C=O) groups excluding carboxylic acids is 5. The van der Waals surface area contributed by atoms with E-state index in [1.54, 1.807) is 20.8 Å². The first kappa shape index (κ1) is 21.7. The highest BCUT2D eigenvalue weighted by molar-refractivity contribution is 6.45. The van der Waals surface area contributed by atoms with Gasteiger partial charge < -0.3 is 9.72 Å². The average molecular weight is 417 g/mol. The lowest BCUT2D eigenvalue weighted by Crippen LogP contribution is -2.46. The van der Waals surface area contributed by atoms with Gasteiger partial charge in [0.2, 0.25) is 0 Å². The van der Waals surface area contributed by atoms with Gasteiger partial charge in [-0.25, -0.2) is 14.5 Å². The van der Waals surface area contributed by atoms with Gasteiger partial charge in [-0.3, -0.25) is 19.3 Å². The van der Waals surface area contributed by atoms with Crippen LogP contribution in [0.2, 0.25) is 0 Å². The Bertz CT molecular complexity index is 918. The number of esters is 1. The normalized spacial score (nSPS) is 22.1. The van der Waals surface area contributed by atoms with Crippen molar-refractivity contribution < 1.29 is 28.7 Å². The molecule has 9 heteroatoms. The summed E-state index contributed by atoms with van der Waals surface area (Å²) in [7, 11) is 0. The molecule has 2 atom stereocenters. The fraction of sp³-hybridized carbons (Fsp3) is 0.571. The van der Waals surface area contributed by atoms with E-state index < -0.39 is 36.1 Å². The van der Waals surface area contributed by atoms with Crippen LogP contribution in [0.25, 0.3) is 0 Å². The second-order valence-corrected chi connectivity index (χ2v) is 7.95. The smallest absolute Gasteiger partial charge is 0.340 e. The molecule has 1 aromatic heterocycles. The number of hydrogen-bond acceptors (Lipinski definition) is 6. The molecule has 1 N–H and O–H groups in total. The third-order valence-electron chi connectivity index (χ3n) is 5.98. The number of ether oxygens (including phenoxy) is 1. The van der Waals surface area contributed by atoms with E-state index in [2.05, 4.69) is 4.98 Å². The van der Waals surface area contributed by atoms with Crippen molar-refractivity contribution in [2.24, 2.45) is 5.92 Å². The Hall–Kier alpha value is -2.97. The summed E-state index contributed by atoms with van der Waals surface area (Å²) in [6, 6.07) is -1.07. The minimum atomic E-state index is -0.988. The first-order chi connectivity index (χ1) is 14.2. The minimum Gasteiger partial charge on any atom is -0.462 e. The van der Waals surface area contributed by atoms with Crippen molar-refractivity contribution in [2.75, 3.05) is 13.2 Å². The largest absolute Gasteiger partial charge is 0.462 e. The molecule has 0 aromatic carbocycles. The highest BCUT2D eigenvalue weighted by atomic mass is 16.5. The maximum Gasteiger partial charge on any atom is 0.340 e. The number of ketones is 1. The fourth-order valence-electron chi connectivity index (χ4n) is 4.40. The number of urea groups is 1. The van der Waals surface area contributed by atoms with E-state index in [9.17, 15) is 24.0 Å².